The highest BCUT2D eigenvalue weighted by Crippen LogP contribution is 2.28. The van der Waals surface area contributed by atoms with Gasteiger partial charge in [-0.2, -0.15) is 0 Å². The van der Waals surface area contributed by atoms with Crippen molar-refractivity contribution in [2.75, 3.05) is 11.6 Å². The molecular weight excluding hydrogens is 250 g/mol. The first-order chi connectivity index (χ1) is 9.31. The highest BCUT2D eigenvalue weighted by Gasteiger charge is 2.18. The molecule has 2 unspecified atom stereocenters. The highest BCUT2D eigenvalue weighted by atomic mass is 32.2. The van der Waals surface area contributed by atoms with Crippen LogP contribution in [0.1, 0.15) is 51.9 Å². The number of hydrogen-bond donors (Lipinski definition) is 1. The lowest BCUT2D eigenvalue weighted by atomic mass is 9.95. The van der Waals surface area contributed by atoms with Crippen molar-refractivity contribution >= 4 is 17.4 Å². The van der Waals surface area contributed by atoms with Crippen molar-refractivity contribution in [3.63, 3.8) is 0 Å². The van der Waals surface area contributed by atoms with Gasteiger partial charge in [-0.05, 0) is 55.7 Å². The Morgan fingerprint density at radius 1 is 1.11 bits per heavy atom. The number of anilines is 1. The Kier molecular flexibility index (Phi) is 6.09. The van der Waals surface area contributed by atoms with Crippen LogP contribution in [0.15, 0.2) is 29.2 Å². The van der Waals surface area contributed by atoms with Gasteiger partial charge in [0, 0.05) is 16.6 Å². The molecular formula is C17H27NS. The van der Waals surface area contributed by atoms with E-state index in [4.69, 9.17) is 0 Å². The molecule has 1 saturated carbocycles. The van der Waals surface area contributed by atoms with Crippen molar-refractivity contribution in [2.45, 2.75) is 62.8 Å². The van der Waals surface area contributed by atoms with Gasteiger partial charge in [0.25, 0.3) is 0 Å². The van der Waals surface area contributed by atoms with E-state index in [1.807, 2.05) is 0 Å². The third-order valence-electron chi connectivity index (χ3n) is 4.25. The maximum absolute atomic E-state index is 3.73. The van der Waals surface area contributed by atoms with Crippen LogP contribution in [0.25, 0.3) is 0 Å². The van der Waals surface area contributed by atoms with Crippen LogP contribution < -0.4 is 5.32 Å². The monoisotopic (exact) mass is 277 g/mol. The second-order valence-electron chi connectivity index (χ2n) is 5.73. The quantitative estimate of drug-likeness (QED) is 0.558. The zero-order valence-corrected chi connectivity index (χ0v) is 13.1. The molecule has 0 radical (unpaired) electrons. The summed E-state index contributed by atoms with van der Waals surface area (Å²) in [5.74, 6) is 0.982. The van der Waals surface area contributed by atoms with Crippen LogP contribution in [0.4, 0.5) is 5.69 Å². The Bertz CT molecular complexity index is 360. The Morgan fingerprint density at radius 3 is 2.58 bits per heavy atom. The lowest BCUT2D eigenvalue weighted by molar-refractivity contribution is 0.422. The van der Waals surface area contributed by atoms with Gasteiger partial charge >= 0.3 is 0 Å². The van der Waals surface area contributed by atoms with Crippen LogP contribution in [0.5, 0.6) is 0 Å². The molecule has 1 N–H and O–H groups in total. The van der Waals surface area contributed by atoms with Crippen molar-refractivity contribution in [2.24, 2.45) is 5.92 Å². The first-order valence-corrected chi connectivity index (χ1v) is 8.95. The van der Waals surface area contributed by atoms with Gasteiger partial charge in [0.1, 0.15) is 0 Å². The molecule has 0 spiro atoms. The highest BCUT2D eigenvalue weighted by molar-refractivity contribution is 7.98. The molecule has 2 rings (SSSR count). The molecule has 1 nitrogen and oxygen atoms in total. The van der Waals surface area contributed by atoms with Crippen molar-refractivity contribution < 1.29 is 0 Å². The number of benzene rings is 1. The molecule has 1 aromatic carbocycles. The topological polar surface area (TPSA) is 12.0 Å². The zero-order chi connectivity index (χ0) is 13.5. The van der Waals surface area contributed by atoms with E-state index in [2.05, 4.69) is 42.8 Å². The molecule has 19 heavy (non-hydrogen) atoms. The molecule has 0 aromatic heterocycles. The molecule has 106 valence electrons. The molecule has 0 aliphatic heterocycles. The minimum atomic E-state index is 0.682. The summed E-state index contributed by atoms with van der Waals surface area (Å²) in [6.45, 7) is 2.31. The molecule has 0 bridgehead atoms. The minimum Gasteiger partial charge on any atom is -0.382 e. The molecule has 0 saturated heterocycles. The summed E-state index contributed by atoms with van der Waals surface area (Å²) < 4.78 is 0. The van der Waals surface area contributed by atoms with E-state index in [-0.39, 0.29) is 0 Å². The van der Waals surface area contributed by atoms with E-state index in [0.717, 1.165) is 5.92 Å². The Labute approximate surface area is 122 Å². The van der Waals surface area contributed by atoms with Gasteiger partial charge in [-0.15, -0.1) is 11.8 Å². The third-order valence-corrected chi connectivity index (χ3v) is 4.99. The van der Waals surface area contributed by atoms with Gasteiger partial charge in [-0.3, -0.25) is 0 Å². The van der Waals surface area contributed by atoms with Crippen LogP contribution in [-0.4, -0.2) is 12.3 Å². The van der Waals surface area contributed by atoms with Crippen molar-refractivity contribution in [3.8, 4) is 0 Å². The van der Waals surface area contributed by atoms with Gasteiger partial charge in [0.2, 0.25) is 0 Å². The smallest absolute Gasteiger partial charge is 0.0343 e. The molecule has 0 amide bonds. The van der Waals surface area contributed by atoms with Gasteiger partial charge in [-0.1, -0.05) is 32.6 Å². The fourth-order valence-electron chi connectivity index (χ4n) is 3.14. The van der Waals surface area contributed by atoms with Crippen LogP contribution in [0.2, 0.25) is 0 Å². The van der Waals surface area contributed by atoms with Gasteiger partial charge in [0.05, 0.1) is 0 Å². The molecule has 2 atom stereocenters. The second-order valence-corrected chi connectivity index (χ2v) is 6.61. The SMILES string of the molecule is CCCC1CCCC(Nc2ccc(SC)cc2)CC1. The minimum absolute atomic E-state index is 0.682. The van der Waals surface area contributed by atoms with Gasteiger partial charge < -0.3 is 5.32 Å². The van der Waals surface area contributed by atoms with E-state index in [0.29, 0.717) is 6.04 Å². The molecule has 1 aliphatic carbocycles. The average molecular weight is 277 g/mol. The summed E-state index contributed by atoms with van der Waals surface area (Å²) >= 11 is 1.80. The lowest BCUT2D eigenvalue weighted by Crippen LogP contribution is -2.18. The third kappa shape index (κ3) is 4.76. The summed E-state index contributed by atoms with van der Waals surface area (Å²) in [6, 6.07) is 9.55. The second kappa shape index (κ2) is 7.84. The van der Waals surface area contributed by atoms with Gasteiger partial charge in [-0.25, -0.2) is 0 Å². The van der Waals surface area contributed by atoms with E-state index in [1.165, 1.54) is 55.5 Å². The number of nitrogens with one attached hydrogen (secondary N) is 1. The largest absolute Gasteiger partial charge is 0.382 e. The molecule has 1 fully saturated rings. The van der Waals surface area contributed by atoms with E-state index >= 15 is 0 Å². The van der Waals surface area contributed by atoms with Crippen molar-refractivity contribution in [3.05, 3.63) is 24.3 Å². The number of hydrogen-bond acceptors (Lipinski definition) is 2. The van der Waals surface area contributed by atoms with Gasteiger partial charge in [0.15, 0.2) is 0 Å². The van der Waals surface area contributed by atoms with Crippen LogP contribution in [0, 0.1) is 5.92 Å². The fraction of sp³-hybridized carbons (Fsp3) is 0.647. The maximum atomic E-state index is 3.73. The Hall–Kier alpha value is -0.630. The standard InChI is InChI=1S/C17H27NS/c1-3-5-14-6-4-7-15(9-8-14)18-16-10-12-17(19-2)13-11-16/h10-15,18H,3-9H2,1-2H3. The Morgan fingerprint density at radius 2 is 1.89 bits per heavy atom. The fourth-order valence-corrected chi connectivity index (χ4v) is 3.55. The van der Waals surface area contributed by atoms with E-state index in [1.54, 1.807) is 11.8 Å². The normalized spacial score (nSPS) is 23.9. The predicted molar refractivity (Wildman–Crippen MR) is 87.1 cm³/mol. The molecule has 0 heterocycles. The summed E-state index contributed by atoms with van der Waals surface area (Å²) in [4.78, 5) is 1.34. The number of rotatable bonds is 5. The van der Waals surface area contributed by atoms with Crippen molar-refractivity contribution in [1.29, 1.82) is 0 Å². The Balaban J connectivity index is 1.84. The first-order valence-electron chi connectivity index (χ1n) is 7.72. The summed E-state index contributed by atoms with van der Waals surface area (Å²) in [5, 5.41) is 3.73. The van der Waals surface area contributed by atoms with Crippen LogP contribution >= 0.6 is 11.8 Å². The van der Waals surface area contributed by atoms with E-state index in [9.17, 15) is 0 Å². The van der Waals surface area contributed by atoms with Crippen molar-refractivity contribution in [1.82, 2.24) is 0 Å². The lowest BCUT2D eigenvalue weighted by Gasteiger charge is -2.18. The van der Waals surface area contributed by atoms with Crippen LogP contribution in [0.3, 0.4) is 0 Å². The predicted octanol–water partition coefficient (Wildman–Crippen LogP) is 5.57. The first kappa shape index (κ1) is 14.8. The van der Waals surface area contributed by atoms with Crippen LogP contribution in [-0.2, 0) is 0 Å². The summed E-state index contributed by atoms with van der Waals surface area (Å²) in [5.41, 5.74) is 1.29. The molecule has 1 aromatic rings. The maximum Gasteiger partial charge on any atom is 0.0343 e. The zero-order valence-electron chi connectivity index (χ0n) is 12.3. The summed E-state index contributed by atoms with van der Waals surface area (Å²) in [6.07, 6.45) is 11.8. The number of thioether (sulfide) groups is 1. The average Bonchev–Trinajstić information content (AvgIpc) is 2.66. The van der Waals surface area contributed by atoms with E-state index < -0.39 is 0 Å². The molecule has 1 aliphatic rings. The molecule has 2 heteroatoms. The summed E-state index contributed by atoms with van der Waals surface area (Å²) in [7, 11) is 0.